The van der Waals surface area contributed by atoms with Gasteiger partial charge in [0.2, 0.25) is 11.8 Å². The smallest absolute Gasteiger partial charge is 0.245 e. The van der Waals surface area contributed by atoms with E-state index in [0.717, 1.165) is 5.56 Å². The van der Waals surface area contributed by atoms with Crippen LogP contribution < -0.4 is 10.6 Å². The van der Waals surface area contributed by atoms with Crippen LogP contribution in [0.2, 0.25) is 0 Å². The van der Waals surface area contributed by atoms with Gasteiger partial charge in [0.15, 0.2) is 5.11 Å². The Morgan fingerprint density at radius 2 is 1.97 bits per heavy atom. The van der Waals surface area contributed by atoms with E-state index < -0.39 is 6.04 Å². The zero-order valence-electron chi connectivity index (χ0n) is 18.0. The summed E-state index contributed by atoms with van der Waals surface area (Å²) in [6, 6.07) is 9.63. The summed E-state index contributed by atoms with van der Waals surface area (Å²) < 4.78 is 6.17. The number of carbonyl (C=O) groups excluding carboxylic acids is 2. The number of benzene rings is 1. The molecule has 0 radical (unpaired) electrons. The van der Waals surface area contributed by atoms with Crippen LogP contribution in [-0.4, -0.2) is 71.1 Å². The van der Waals surface area contributed by atoms with Crippen molar-refractivity contribution in [2.75, 3.05) is 26.2 Å². The van der Waals surface area contributed by atoms with Crippen LogP contribution in [0, 0.1) is 5.92 Å². The molecule has 2 heterocycles. The minimum atomic E-state index is -0.423. The third-order valence-electron chi connectivity index (χ3n) is 5.32. The van der Waals surface area contributed by atoms with E-state index >= 15 is 0 Å². The molecule has 0 aliphatic carbocycles. The second-order valence-electron chi connectivity index (χ2n) is 8.64. The van der Waals surface area contributed by atoms with Crippen LogP contribution >= 0.6 is 12.2 Å². The first-order valence-electron chi connectivity index (χ1n) is 10.6. The first-order chi connectivity index (χ1) is 14.3. The quantitative estimate of drug-likeness (QED) is 0.664. The van der Waals surface area contributed by atoms with Gasteiger partial charge < -0.3 is 25.2 Å². The summed E-state index contributed by atoms with van der Waals surface area (Å²) in [6.07, 6.45) is 0.375. The number of nitrogens with zero attached hydrogens (tertiary/aromatic N) is 2. The third-order valence-corrected chi connectivity index (χ3v) is 5.56. The molecule has 0 bridgehead atoms. The molecular formula is C22H32N4O3S. The number of nitrogens with one attached hydrogen (secondary N) is 2. The van der Waals surface area contributed by atoms with E-state index in [-0.39, 0.29) is 30.5 Å². The third kappa shape index (κ3) is 6.15. The highest BCUT2D eigenvalue weighted by molar-refractivity contribution is 7.80. The van der Waals surface area contributed by atoms with E-state index in [1.54, 1.807) is 4.90 Å². The van der Waals surface area contributed by atoms with Crippen LogP contribution in [0.5, 0.6) is 0 Å². The molecule has 1 unspecified atom stereocenters. The molecule has 7 nitrogen and oxygen atoms in total. The molecule has 0 spiro atoms. The molecule has 2 aliphatic rings. The molecule has 2 N–H and O–H groups in total. The molecule has 0 saturated carbocycles. The Bertz CT molecular complexity index is 758. The van der Waals surface area contributed by atoms with E-state index in [2.05, 4.69) is 24.5 Å². The van der Waals surface area contributed by atoms with Gasteiger partial charge >= 0.3 is 0 Å². The van der Waals surface area contributed by atoms with Crippen molar-refractivity contribution < 1.29 is 14.3 Å². The summed E-state index contributed by atoms with van der Waals surface area (Å²) in [6.45, 7) is 8.22. The fraction of sp³-hybridized carbons (Fsp3) is 0.591. The molecule has 30 heavy (non-hydrogen) atoms. The molecule has 1 aromatic rings. The molecule has 2 amide bonds. The number of hydrogen-bond acceptors (Lipinski definition) is 4. The van der Waals surface area contributed by atoms with Gasteiger partial charge in [-0.25, -0.2) is 0 Å². The second-order valence-corrected chi connectivity index (χ2v) is 9.05. The van der Waals surface area contributed by atoms with E-state index in [9.17, 15) is 9.59 Å². The normalized spacial score (nSPS) is 25.0. The summed E-state index contributed by atoms with van der Waals surface area (Å²) in [7, 11) is 0. The molecule has 1 aromatic carbocycles. The number of ether oxygens (including phenoxy) is 1. The van der Waals surface area contributed by atoms with Crippen molar-refractivity contribution >= 4 is 29.1 Å². The van der Waals surface area contributed by atoms with Crippen molar-refractivity contribution in [2.24, 2.45) is 5.92 Å². The minimum absolute atomic E-state index is 0.0348. The highest BCUT2D eigenvalue weighted by Gasteiger charge is 2.36. The van der Waals surface area contributed by atoms with Crippen molar-refractivity contribution in [3.63, 3.8) is 0 Å². The number of amides is 2. The molecular weight excluding hydrogens is 400 g/mol. The standard InChI is InChI=1S/C22H32N4O3S/c1-15(2)10-25-11-18(29-14-17-7-5-4-6-8-17)12-26(13-20(25)27)21(28)19-9-16(3)23-22(30)24-19/h4-8,15-16,18-19H,9-14H2,1-3H3,(H2,23,24,30)/t16-,18?,19+/m1/s1. The predicted molar refractivity (Wildman–Crippen MR) is 120 cm³/mol. The van der Waals surface area contributed by atoms with E-state index in [0.29, 0.717) is 43.7 Å². The van der Waals surface area contributed by atoms with Crippen LogP contribution in [0.25, 0.3) is 0 Å². The molecule has 8 heteroatoms. The Balaban J connectivity index is 1.73. The van der Waals surface area contributed by atoms with Gasteiger partial charge in [-0.1, -0.05) is 44.2 Å². The Morgan fingerprint density at radius 3 is 2.63 bits per heavy atom. The van der Waals surface area contributed by atoms with Gasteiger partial charge in [-0.05, 0) is 37.0 Å². The van der Waals surface area contributed by atoms with Crippen molar-refractivity contribution in [2.45, 2.75) is 52.0 Å². The van der Waals surface area contributed by atoms with Gasteiger partial charge in [0.1, 0.15) is 6.04 Å². The van der Waals surface area contributed by atoms with Crippen molar-refractivity contribution in [3.8, 4) is 0 Å². The number of carbonyl (C=O) groups is 2. The molecule has 0 aromatic heterocycles. The molecule has 2 saturated heterocycles. The summed E-state index contributed by atoms with van der Waals surface area (Å²) >= 11 is 5.22. The lowest BCUT2D eigenvalue weighted by Gasteiger charge is -2.34. The Morgan fingerprint density at radius 1 is 1.23 bits per heavy atom. The van der Waals surface area contributed by atoms with Crippen molar-refractivity contribution in [1.29, 1.82) is 0 Å². The molecule has 164 valence electrons. The van der Waals surface area contributed by atoms with Crippen molar-refractivity contribution in [3.05, 3.63) is 35.9 Å². The maximum absolute atomic E-state index is 13.2. The van der Waals surface area contributed by atoms with Crippen molar-refractivity contribution in [1.82, 2.24) is 20.4 Å². The largest absolute Gasteiger partial charge is 0.370 e. The van der Waals surface area contributed by atoms with Crippen LogP contribution in [0.1, 0.15) is 32.8 Å². The minimum Gasteiger partial charge on any atom is -0.370 e. The zero-order chi connectivity index (χ0) is 21.7. The summed E-state index contributed by atoms with van der Waals surface area (Å²) in [5.41, 5.74) is 1.07. The summed E-state index contributed by atoms with van der Waals surface area (Å²) in [4.78, 5) is 29.6. The predicted octanol–water partition coefficient (Wildman–Crippen LogP) is 1.52. The Hall–Kier alpha value is -2.19. The van der Waals surface area contributed by atoms with Crippen LogP contribution in [-0.2, 0) is 20.9 Å². The van der Waals surface area contributed by atoms with Gasteiger partial charge in [0.05, 0.1) is 19.3 Å². The molecule has 3 atom stereocenters. The first kappa shape index (κ1) is 22.5. The topological polar surface area (TPSA) is 73.9 Å². The summed E-state index contributed by atoms with van der Waals surface area (Å²) in [5, 5.41) is 6.65. The number of thiocarbonyl (C=S) groups is 1. The number of hydrogen-bond donors (Lipinski definition) is 2. The van der Waals surface area contributed by atoms with E-state index in [1.165, 1.54) is 0 Å². The lowest BCUT2D eigenvalue weighted by atomic mass is 10.0. The van der Waals surface area contributed by atoms with E-state index in [1.807, 2.05) is 42.2 Å². The van der Waals surface area contributed by atoms with Gasteiger partial charge in [0, 0.05) is 25.7 Å². The Kier molecular flexibility index (Phi) is 7.66. The second kappa shape index (κ2) is 10.2. The van der Waals surface area contributed by atoms with Crippen LogP contribution in [0.4, 0.5) is 0 Å². The van der Waals surface area contributed by atoms with Gasteiger partial charge in [-0.2, -0.15) is 0 Å². The lowest BCUT2D eigenvalue weighted by Crippen LogP contribution is -2.59. The van der Waals surface area contributed by atoms with Gasteiger partial charge in [-0.15, -0.1) is 0 Å². The molecule has 2 fully saturated rings. The monoisotopic (exact) mass is 432 g/mol. The van der Waals surface area contributed by atoms with Crippen LogP contribution in [0.3, 0.4) is 0 Å². The maximum Gasteiger partial charge on any atom is 0.245 e. The highest BCUT2D eigenvalue weighted by Crippen LogP contribution is 2.16. The average Bonchev–Trinajstić information content (AvgIpc) is 2.84. The Labute approximate surface area is 184 Å². The van der Waals surface area contributed by atoms with Gasteiger partial charge in [-0.3, -0.25) is 9.59 Å². The molecule has 2 aliphatic heterocycles. The highest BCUT2D eigenvalue weighted by atomic mass is 32.1. The van der Waals surface area contributed by atoms with Crippen LogP contribution in [0.15, 0.2) is 30.3 Å². The van der Waals surface area contributed by atoms with E-state index in [4.69, 9.17) is 17.0 Å². The number of rotatable bonds is 6. The fourth-order valence-electron chi connectivity index (χ4n) is 3.94. The maximum atomic E-state index is 13.2. The summed E-state index contributed by atoms with van der Waals surface area (Å²) in [5.74, 6) is 0.210. The SMILES string of the molecule is CC(C)CN1CC(OCc2ccccc2)CN(C(=O)[C@@H]2C[C@@H](C)NC(=S)N2)CC1=O. The van der Waals surface area contributed by atoms with Gasteiger partial charge in [0.25, 0.3) is 0 Å². The average molecular weight is 433 g/mol. The lowest BCUT2D eigenvalue weighted by molar-refractivity contribution is -0.140. The first-order valence-corrected chi connectivity index (χ1v) is 11.0. The zero-order valence-corrected chi connectivity index (χ0v) is 18.8. The fourth-order valence-corrected chi connectivity index (χ4v) is 4.28. The molecule has 3 rings (SSSR count).